The molecule has 0 saturated carbocycles. The summed E-state index contributed by atoms with van der Waals surface area (Å²) in [5.41, 5.74) is -0.139. The third kappa shape index (κ3) is 2.13. The zero-order chi connectivity index (χ0) is 15.9. The number of para-hydroxylation sites is 2. The molecule has 0 saturated heterocycles. The number of ketones is 2. The molecule has 0 spiro atoms. The summed E-state index contributed by atoms with van der Waals surface area (Å²) < 4.78 is 1.32. The Morgan fingerprint density at radius 3 is 2.68 bits per heavy atom. The Morgan fingerprint density at radius 2 is 1.95 bits per heavy atom. The third-order valence-corrected chi connectivity index (χ3v) is 3.81. The topological polar surface area (TPSA) is 89.3 Å². The average Bonchev–Trinajstić information content (AvgIpc) is 2.50. The fourth-order valence-corrected chi connectivity index (χ4v) is 2.63. The normalized spacial score (nSPS) is 15.4. The van der Waals surface area contributed by atoms with Crippen LogP contribution in [0.5, 0.6) is 0 Å². The number of hydrogen-bond acceptors (Lipinski definition) is 5. The molecule has 6 nitrogen and oxygen atoms in total. The molecule has 0 radical (unpaired) electrons. The Morgan fingerprint density at radius 1 is 1.23 bits per heavy atom. The molecule has 0 atom stereocenters. The van der Waals surface area contributed by atoms with E-state index in [2.05, 4.69) is 4.98 Å². The van der Waals surface area contributed by atoms with Gasteiger partial charge < -0.3 is 9.67 Å². The lowest BCUT2D eigenvalue weighted by atomic mass is 9.92. The molecule has 1 aliphatic rings. The number of rotatable bonds is 2. The predicted octanol–water partition coefficient (Wildman–Crippen LogP) is 1.68. The van der Waals surface area contributed by atoms with Crippen LogP contribution >= 0.6 is 0 Å². The number of aromatic nitrogens is 2. The number of aliphatic hydroxyl groups is 1. The van der Waals surface area contributed by atoms with Gasteiger partial charge in [-0.2, -0.15) is 0 Å². The van der Waals surface area contributed by atoms with Crippen molar-refractivity contribution in [2.24, 2.45) is 7.05 Å². The Kier molecular flexibility index (Phi) is 3.36. The molecule has 1 aromatic heterocycles. The van der Waals surface area contributed by atoms with Crippen LogP contribution in [0, 0.1) is 0 Å². The highest BCUT2D eigenvalue weighted by atomic mass is 16.3. The number of aryl methyl sites for hydroxylation is 1. The minimum absolute atomic E-state index is 0.193. The highest BCUT2D eigenvalue weighted by molar-refractivity contribution is 6.26. The molecule has 3 rings (SSSR count). The molecule has 1 heterocycles. The highest BCUT2D eigenvalue weighted by Gasteiger charge is 2.30. The highest BCUT2D eigenvalue weighted by Crippen LogP contribution is 2.22. The van der Waals surface area contributed by atoms with Crippen molar-refractivity contribution in [1.29, 1.82) is 0 Å². The number of fused-ring (bicyclic) bond motifs is 1. The maximum atomic E-state index is 12.5. The number of nitrogens with zero attached hydrogens (tertiary/aromatic N) is 2. The maximum Gasteiger partial charge on any atom is 0.280 e. The number of Topliss-reactive ketones (excluding diaryl/α,β-unsaturated/α-hetero) is 2. The molecule has 112 valence electrons. The van der Waals surface area contributed by atoms with Crippen molar-refractivity contribution >= 4 is 22.6 Å². The average molecular weight is 298 g/mol. The van der Waals surface area contributed by atoms with Crippen molar-refractivity contribution in [3.8, 4) is 0 Å². The molecule has 1 aromatic carbocycles. The van der Waals surface area contributed by atoms with E-state index in [-0.39, 0.29) is 29.9 Å². The number of allylic oxidation sites excluding steroid dienone is 2. The van der Waals surface area contributed by atoms with Crippen molar-refractivity contribution in [2.75, 3.05) is 0 Å². The van der Waals surface area contributed by atoms with Gasteiger partial charge in [0.2, 0.25) is 5.78 Å². The first-order chi connectivity index (χ1) is 10.5. The number of carbonyl (C=O) groups excluding carboxylic acids is 2. The minimum Gasteiger partial charge on any atom is -0.511 e. The fraction of sp³-hybridized carbons (Fsp3) is 0.250. The standard InChI is InChI=1S/C16H14N2O4/c1-18-10-6-3-2-5-9(10)17-14(16(18)22)15(21)13-11(19)7-4-8-12(13)20/h2-3,5-6,19H,4,7-8H2,1H3. The Balaban J connectivity index is 2.22. The summed E-state index contributed by atoms with van der Waals surface area (Å²) in [6, 6.07) is 6.92. The zero-order valence-electron chi connectivity index (χ0n) is 12.0. The van der Waals surface area contributed by atoms with Crippen LogP contribution in [0.15, 0.2) is 40.4 Å². The summed E-state index contributed by atoms with van der Waals surface area (Å²) in [6.45, 7) is 0. The van der Waals surface area contributed by atoms with Gasteiger partial charge in [0.1, 0.15) is 11.3 Å². The van der Waals surface area contributed by atoms with Crippen LogP contribution in [0.25, 0.3) is 11.0 Å². The van der Waals surface area contributed by atoms with Gasteiger partial charge in [-0.3, -0.25) is 14.4 Å². The largest absolute Gasteiger partial charge is 0.511 e. The monoisotopic (exact) mass is 298 g/mol. The van der Waals surface area contributed by atoms with Gasteiger partial charge >= 0.3 is 0 Å². The van der Waals surface area contributed by atoms with Crippen LogP contribution in [0.4, 0.5) is 0 Å². The Labute approximate surface area is 125 Å². The molecule has 0 unspecified atom stereocenters. The van der Waals surface area contributed by atoms with E-state index >= 15 is 0 Å². The summed E-state index contributed by atoms with van der Waals surface area (Å²) in [5, 5.41) is 9.85. The molecular weight excluding hydrogens is 284 g/mol. The van der Waals surface area contributed by atoms with E-state index in [1.165, 1.54) is 4.57 Å². The first-order valence-corrected chi connectivity index (χ1v) is 6.96. The second-order valence-corrected chi connectivity index (χ2v) is 5.24. The smallest absolute Gasteiger partial charge is 0.280 e. The molecule has 22 heavy (non-hydrogen) atoms. The Hall–Kier alpha value is -2.76. The lowest BCUT2D eigenvalue weighted by Gasteiger charge is -2.14. The van der Waals surface area contributed by atoms with Gasteiger partial charge in [-0.1, -0.05) is 12.1 Å². The quantitative estimate of drug-likeness (QED) is 0.673. The van der Waals surface area contributed by atoms with Crippen LogP contribution in [-0.2, 0) is 11.8 Å². The minimum atomic E-state index is -0.798. The first-order valence-electron chi connectivity index (χ1n) is 6.96. The van der Waals surface area contributed by atoms with Gasteiger partial charge in [0.05, 0.1) is 11.0 Å². The van der Waals surface area contributed by atoms with Crippen molar-refractivity contribution < 1.29 is 14.7 Å². The lowest BCUT2D eigenvalue weighted by Crippen LogP contribution is -2.30. The van der Waals surface area contributed by atoms with E-state index in [4.69, 9.17) is 0 Å². The number of hydrogen-bond donors (Lipinski definition) is 1. The molecule has 0 fully saturated rings. The van der Waals surface area contributed by atoms with Gasteiger partial charge in [0.25, 0.3) is 5.56 Å². The zero-order valence-corrected chi connectivity index (χ0v) is 12.0. The third-order valence-electron chi connectivity index (χ3n) is 3.81. The summed E-state index contributed by atoms with van der Waals surface area (Å²) in [6.07, 6.45) is 0.963. The van der Waals surface area contributed by atoms with E-state index in [0.717, 1.165) is 0 Å². The van der Waals surface area contributed by atoms with E-state index in [1.807, 2.05) is 0 Å². The van der Waals surface area contributed by atoms with E-state index in [1.54, 1.807) is 31.3 Å². The van der Waals surface area contributed by atoms with E-state index in [9.17, 15) is 19.5 Å². The second-order valence-electron chi connectivity index (χ2n) is 5.24. The number of carbonyl (C=O) groups is 2. The lowest BCUT2D eigenvalue weighted by molar-refractivity contribution is -0.116. The second kappa shape index (κ2) is 5.22. The van der Waals surface area contributed by atoms with Crippen molar-refractivity contribution in [3.05, 3.63) is 51.6 Å². The van der Waals surface area contributed by atoms with E-state index in [0.29, 0.717) is 17.5 Å². The Bertz CT molecular complexity index is 893. The summed E-state index contributed by atoms with van der Waals surface area (Å²) >= 11 is 0. The molecule has 1 aliphatic carbocycles. The van der Waals surface area contributed by atoms with Gasteiger partial charge in [-0.05, 0) is 18.6 Å². The summed E-state index contributed by atoms with van der Waals surface area (Å²) in [4.78, 5) is 40.9. The van der Waals surface area contributed by atoms with Crippen LogP contribution in [0.1, 0.15) is 29.8 Å². The van der Waals surface area contributed by atoms with Gasteiger partial charge in [-0.25, -0.2) is 4.98 Å². The van der Waals surface area contributed by atoms with E-state index < -0.39 is 17.1 Å². The molecule has 1 N–H and O–H groups in total. The maximum absolute atomic E-state index is 12.5. The van der Waals surface area contributed by atoms with Gasteiger partial charge in [-0.15, -0.1) is 0 Å². The van der Waals surface area contributed by atoms with Crippen molar-refractivity contribution in [1.82, 2.24) is 9.55 Å². The summed E-state index contributed by atoms with van der Waals surface area (Å²) in [5.74, 6) is -1.49. The predicted molar refractivity (Wildman–Crippen MR) is 79.8 cm³/mol. The molecule has 0 aliphatic heterocycles. The van der Waals surface area contributed by atoms with Gasteiger partial charge in [0.15, 0.2) is 11.5 Å². The van der Waals surface area contributed by atoms with Crippen molar-refractivity contribution in [3.63, 3.8) is 0 Å². The number of aliphatic hydroxyl groups excluding tert-OH is 1. The van der Waals surface area contributed by atoms with Crippen LogP contribution in [-0.4, -0.2) is 26.2 Å². The molecular formula is C16H14N2O4. The SMILES string of the molecule is Cn1c(=O)c(C(=O)C2=C(O)CCCC2=O)nc2ccccc21. The fourth-order valence-electron chi connectivity index (χ4n) is 2.63. The molecule has 2 aromatic rings. The van der Waals surface area contributed by atoms with Gasteiger partial charge in [0, 0.05) is 19.9 Å². The summed E-state index contributed by atoms with van der Waals surface area (Å²) in [7, 11) is 1.54. The van der Waals surface area contributed by atoms with Crippen molar-refractivity contribution in [2.45, 2.75) is 19.3 Å². The van der Waals surface area contributed by atoms with Crippen LogP contribution < -0.4 is 5.56 Å². The van der Waals surface area contributed by atoms with Crippen LogP contribution in [0.3, 0.4) is 0 Å². The first kappa shape index (κ1) is 14.2. The molecule has 6 heteroatoms. The molecule has 0 amide bonds. The van der Waals surface area contributed by atoms with Crippen LogP contribution in [0.2, 0.25) is 0 Å². The number of benzene rings is 1. The molecule has 0 bridgehead atoms.